The summed E-state index contributed by atoms with van der Waals surface area (Å²) in [6, 6.07) is 30.3. The Bertz CT molecular complexity index is 2190. The predicted octanol–water partition coefficient (Wildman–Crippen LogP) is 15.0. The Labute approximate surface area is 366 Å². The van der Waals surface area contributed by atoms with Crippen LogP contribution in [0.25, 0.3) is 11.1 Å². The molecule has 1 aliphatic rings. The number of hydrogen-bond acceptors (Lipinski definition) is 4. The van der Waals surface area contributed by atoms with Gasteiger partial charge in [-0.05, 0) is 162 Å². The molecule has 0 amide bonds. The van der Waals surface area contributed by atoms with Gasteiger partial charge in [-0.15, -0.1) is 0 Å². The maximum absolute atomic E-state index is 14.5. The summed E-state index contributed by atoms with van der Waals surface area (Å²) in [5, 5.41) is 7.50. The molecule has 0 unspecified atom stereocenters. The number of rotatable bonds is 14. The molecule has 0 atom stereocenters. The van der Waals surface area contributed by atoms with E-state index < -0.39 is 11.6 Å². The lowest BCUT2D eigenvalue weighted by atomic mass is 9.82. The Balaban J connectivity index is 1.77. The van der Waals surface area contributed by atoms with Crippen LogP contribution in [0.15, 0.2) is 115 Å². The van der Waals surface area contributed by atoms with Gasteiger partial charge in [-0.25, -0.2) is 4.79 Å². The van der Waals surface area contributed by atoms with E-state index in [0.717, 1.165) is 119 Å². The summed E-state index contributed by atoms with van der Waals surface area (Å²) in [7, 11) is 0. The van der Waals surface area contributed by atoms with Crippen molar-refractivity contribution in [1.82, 2.24) is 0 Å². The van der Waals surface area contributed by atoms with Gasteiger partial charge in [0.1, 0.15) is 0 Å². The first kappa shape index (κ1) is 42.2. The number of hydrogen-bond donors (Lipinski definition) is 2. The van der Waals surface area contributed by atoms with Crippen LogP contribution in [0.4, 0.5) is 11.4 Å². The molecule has 0 fully saturated rings. The smallest absolute Gasteiger partial charge is 0.341 e. The fourth-order valence-electron chi connectivity index (χ4n) is 7.10. The standard InChI is InChI=1S/C48H48Br4N2O2/c1-7-9-23-53-39-25-31(5)15-21-35(39)37(33-17-11-29(3)12-18-33)27-48(42-41(47(55)56-48)43(49)45(51)46(52)44(42)50)28-38(34-19-13-30(4)14-20-34)36-22-16-32(6)26-40(36)54-24-10-8-2/h11-22,25-28,53-54H,7-10,23-24H2,1-6H3. The SMILES string of the molecule is CCCCNc1cc(C)ccc1C(=CC1(C=C(c2ccc(C)cc2)c2ccc(C)cc2NCCCC)OC(=O)c2c(Br)c(Br)c(Br)c(Br)c21)c1ccc(C)cc1. The Kier molecular flexibility index (Phi) is 13.9. The maximum atomic E-state index is 14.5. The van der Waals surface area contributed by atoms with E-state index in [9.17, 15) is 4.79 Å². The second-order valence-electron chi connectivity index (χ2n) is 14.7. The molecule has 0 spiro atoms. The molecule has 0 saturated carbocycles. The van der Waals surface area contributed by atoms with Gasteiger partial charge in [-0.2, -0.15) is 0 Å². The third-order valence-electron chi connectivity index (χ3n) is 10.2. The lowest BCUT2D eigenvalue weighted by Gasteiger charge is -2.28. The number of esters is 1. The number of carbonyl (C=O) groups excluding carboxylic acids is 1. The number of halogens is 4. The second kappa shape index (κ2) is 18.4. The minimum atomic E-state index is -1.38. The van der Waals surface area contributed by atoms with Crippen molar-refractivity contribution < 1.29 is 9.53 Å². The number of fused-ring (bicyclic) bond motifs is 1. The number of benzene rings is 5. The lowest BCUT2D eigenvalue weighted by Crippen LogP contribution is -2.23. The first-order valence-electron chi connectivity index (χ1n) is 19.3. The highest BCUT2D eigenvalue weighted by Crippen LogP contribution is 2.54. The molecule has 0 radical (unpaired) electrons. The van der Waals surface area contributed by atoms with Gasteiger partial charge in [0.25, 0.3) is 0 Å². The highest BCUT2D eigenvalue weighted by molar-refractivity contribution is 9.15. The number of ether oxygens (including phenoxy) is 1. The Morgan fingerprint density at radius 2 is 1.00 bits per heavy atom. The fourth-order valence-corrected chi connectivity index (χ4v) is 9.69. The zero-order chi connectivity index (χ0) is 40.1. The average Bonchev–Trinajstić information content (AvgIpc) is 3.47. The largest absolute Gasteiger partial charge is 0.442 e. The molecule has 1 aliphatic heterocycles. The summed E-state index contributed by atoms with van der Waals surface area (Å²) in [5.41, 5.74) is 12.4. The molecule has 0 aliphatic carbocycles. The molecule has 6 rings (SSSR count). The highest BCUT2D eigenvalue weighted by atomic mass is 79.9. The van der Waals surface area contributed by atoms with E-state index in [-0.39, 0.29) is 0 Å². The van der Waals surface area contributed by atoms with E-state index in [0.29, 0.717) is 15.6 Å². The zero-order valence-corrected chi connectivity index (χ0v) is 39.2. The van der Waals surface area contributed by atoms with Crippen LogP contribution in [0.2, 0.25) is 0 Å². The third-order valence-corrected chi connectivity index (χ3v) is 15.0. The number of aryl methyl sites for hydroxylation is 4. The fraction of sp³-hybridized carbons (Fsp3) is 0.271. The van der Waals surface area contributed by atoms with E-state index >= 15 is 0 Å². The second-order valence-corrected chi connectivity index (χ2v) is 17.9. The zero-order valence-electron chi connectivity index (χ0n) is 32.8. The number of anilines is 2. The predicted molar refractivity (Wildman–Crippen MR) is 250 cm³/mol. The van der Waals surface area contributed by atoms with Crippen molar-refractivity contribution in [1.29, 1.82) is 0 Å². The van der Waals surface area contributed by atoms with Crippen LogP contribution < -0.4 is 10.6 Å². The van der Waals surface area contributed by atoms with Crippen LogP contribution in [0, 0.1) is 27.7 Å². The van der Waals surface area contributed by atoms with Crippen molar-refractivity contribution in [3.05, 3.63) is 171 Å². The van der Waals surface area contributed by atoms with Gasteiger partial charge in [-0.3, -0.25) is 0 Å². The monoisotopic (exact) mass is 1000 g/mol. The van der Waals surface area contributed by atoms with Crippen LogP contribution in [0.3, 0.4) is 0 Å². The van der Waals surface area contributed by atoms with E-state index in [4.69, 9.17) is 4.74 Å². The van der Waals surface area contributed by atoms with Crippen LogP contribution in [-0.2, 0) is 10.3 Å². The summed E-state index contributed by atoms with van der Waals surface area (Å²) >= 11 is 15.3. The first-order chi connectivity index (χ1) is 26.9. The van der Waals surface area contributed by atoms with Gasteiger partial charge in [0.15, 0.2) is 5.60 Å². The van der Waals surface area contributed by atoms with Crippen LogP contribution >= 0.6 is 63.7 Å². The summed E-state index contributed by atoms with van der Waals surface area (Å²) < 4.78 is 9.72. The van der Waals surface area contributed by atoms with E-state index in [1.807, 2.05) is 0 Å². The molecule has 290 valence electrons. The molecule has 8 heteroatoms. The molecule has 0 aromatic heterocycles. The minimum Gasteiger partial charge on any atom is -0.442 e. The molecular weight excluding hydrogens is 956 g/mol. The average molecular weight is 1000 g/mol. The molecule has 2 N–H and O–H groups in total. The van der Waals surface area contributed by atoms with Gasteiger partial charge in [0.05, 0.1) is 5.56 Å². The normalized spacial score (nSPS) is 15.5. The van der Waals surface area contributed by atoms with Crippen LogP contribution in [0.5, 0.6) is 0 Å². The van der Waals surface area contributed by atoms with Crippen molar-refractivity contribution in [3.63, 3.8) is 0 Å². The van der Waals surface area contributed by atoms with E-state index in [1.54, 1.807) is 0 Å². The minimum absolute atomic E-state index is 0.421. The van der Waals surface area contributed by atoms with E-state index in [1.165, 1.54) is 0 Å². The van der Waals surface area contributed by atoms with Crippen molar-refractivity contribution in [3.8, 4) is 0 Å². The van der Waals surface area contributed by atoms with Crippen molar-refractivity contribution in [2.75, 3.05) is 23.7 Å². The molecule has 5 aromatic rings. The molecule has 56 heavy (non-hydrogen) atoms. The molecule has 1 heterocycles. The number of cyclic esters (lactones) is 1. The number of unbranched alkanes of at least 4 members (excludes halogenated alkanes) is 2. The maximum Gasteiger partial charge on any atom is 0.341 e. The molecule has 5 aromatic carbocycles. The molecule has 4 nitrogen and oxygen atoms in total. The summed E-state index contributed by atoms with van der Waals surface area (Å²) in [5.74, 6) is -0.421. The van der Waals surface area contributed by atoms with Gasteiger partial charge in [0.2, 0.25) is 0 Å². The Morgan fingerprint density at radius 3 is 1.43 bits per heavy atom. The third kappa shape index (κ3) is 8.99. The quantitative estimate of drug-likeness (QED) is 0.0504. The van der Waals surface area contributed by atoms with Gasteiger partial charge in [0, 0.05) is 59.0 Å². The molecule has 0 saturated heterocycles. The lowest BCUT2D eigenvalue weighted by molar-refractivity contribution is 0.0298. The Morgan fingerprint density at radius 1 is 0.589 bits per heavy atom. The molecule has 0 bridgehead atoms. The summed E-state index contributed by atoms with van der Waals surface area (Å²) in [6.07, 6.45) is 8.56. The van der Waals surface area contributed by atoms with Gasteiger partial charge >= 0.3 is 5.97 Å². The van der Waals surface area contributed by atoms with Crippen LogP contribution in [0.1, 0.15) is 100.0 Å². The highest BCUT2D eigenvalue weighted by Gasteiger charge is 2.48. The van der Waals surface area contributed by atoms with Crippen molar-refractivity contribution in [2.45, 2.75) is 72.8 Å². The topological polar surface area (TPSA) is 50.4 Å². The summed E-state index contributed by atoms with van der Waals surface area (Å²) in [4.78, 5) is 14.5. The number of nitrogens with one attached hydrogen (secondary N) is 2. The number of carbonyl (C=O) groups is 1. The Hall–Kier alpha value is -3.43. The van der Waals surface area contributed by atoms with Gasteiger partial charge in [-0.1, -0.05) is 111 Å². The summed E-state index contributed by atoms with van der Waals surface area (Å²) in [6.45, 7) is 14.5. The van der Waals surface area contributed by atoms with Crippen molar-refractivity contribution >= 4 is 92.2 Å². The van der Waals surface area contributed by atoms with Crippen LogP contribution in [-0.4, -0.2) is 19.1 Å². The van der Waals surface area contributed by atoms with E-state index in [2.05, 4.69) is 213 Å². The van der Waals surface area contributed by atoms with Gasteiger partial charge < -0.3 is 15.4 Å². The first-order valence-corrected chi connectivity index (χ1v) is 22.4. The molecular formula is C48H48Br4N2O2. The van der Waals surface area contributed by atoms with Crippen molar-refractivity contribution in [2.24, 2.45) is 0 Å².